The van der Waals surface area contributed by atoms with Crippen LogP contribution >= 0.6 is 0 Å². The van der Waals surface area contributed by atoms with E-state index in [1.807, 2.05) is 50.2 Å². The van der Waals surface area contributed by atoms with Crippen molar-refractivity contribution in [1.82, 2.24) is 0 Å². The number of unbranched alkanes of at least 4 members (excludes halogenated alkanes) is 1. The number of rotatable bonds is 8. The van der Waals surface area contributed by atoms with Crippen LogP contribution in [0.15, 0.2) is 24.3 Å². The average molecular weight is 266 g/mol. The monoisotopic (exact) mass is 266 g/mol. The molecule has 0 saturated carbocycles. The van der Waals surface area contributed by atoms with E-state index in [1.54, 1.807) is 0 Å². The molecule has 108 valence electrons. The van der Waals surface area contributed by atoms with Crippen LogP contribution < -0.4 is 15.4 Å². The third kappa shape index (κ3) is 5.94. The molecule has 0 amide bonds. The van der Waals surface area contributed by atoms with Crippen LogP contribution in [0.4, 0.5) is 5.69 Å². The maximum Gasteiger partial charge on any atom is 0.121 e. The van der Waals surface area contributed by atoms with Gasteiger partial charge in [-0.3, -0.25) is 0 Å². The van der Waals surface area contributed by atoms with Crippen molar-refractivity contribution in [3.05, 3.63) is 24.3 Å². The van der Waals surface area contributed by atoms with Crippen LogP contribution in [0.5, 0.6) is 5.75 Å². The Labute approximate surface area is 116 Å². The predicted molar refractivity (Wildman–Crippen MR) is 79.8 cm³/mol. The van der Waals surface area contributed by atoms with Gasteiger partial charge in [0, 0.05) is 31.4 Å². The van der Waals surface area contributed by atoms with Gasteiger partial charge in [-0.25, -0.2) is 0 Å². The number of nitrogens with two attached hydrogens (primary N) is 1. The highest BCUT2D eigenvalue weighted by Gasteiger charge is 2.15. The second kappa shape index (κ2) is 7.36. The smallest absolute Gasteiger partial charge is 0.121 e. The van der Waals surface area contributed by atoms with Crippen LogP contribution in [0, 0.1) is 0 Å². The number of hydrogen-bond acceptors (Lipinski definition) is 4. The highest BCUT2D eigenvalue weighted by atomic mass is 16.5. The molecule has 0 spiro atoms. The Kier molecular flexibility index (Phi) is 6.12. The number of aliphatic hydroxyl groups is 1. The second-order valence-electron chi connectivity index (χ2n) is 5.51. The number of aliphatic hydroxyl groups excluding tert-OH is 1. The van der Waals surface area contributed by atoms with Crippen LogP contribution in [0.25, 0.3) is 0 Å². The fourth-order valence-corrected chi connectivity index (χ4v) is 1.75. The second-order valence-corrected chi connectivity index (χ2v) is 5.51. The topological polar surface area (TPSA) is 58.7 Å². The highest BCUT2D eigenvalue weighted by Crippen LogP contribution is 2.19. The van der Waals surface area contributed by atoms with Crippen LogP contribution in [-0.2, 0) is 0 Å². The van der Waals surface area contributed by atoms with Gasteiger partial charge in [0.25, 0.3) is 0 Å². The molecular formula is C15H26N2O2. The van der Waals surface area contributed by atoms with Crippen LogP contribution in [0.3, 0.4) is 0 Å². The van der Waals surface area contributed by atoms with E-state index in [2.05, 4.69) is 0 Å². The summed E-state index contributed by atoms with van der Waals surface area (Å²) in [6.45, 7) is 2.57. The molecule has 3 N–H and O–H groups in total. The Morgan fingerprint density at radius 2 is 2.05 bits per heavy atom. The van der Waals surface area contributed by atoms with E-state index in [9.17, 15) is 0 Å². The van der Waals surface area contributed by atoms with Crippen molar-refractivity contribution >= 4 is 5.69 Å². The first-order valence-electron chi connectivity index (χ1n) is 6.74. The average Bonchev–Trinajstić information content (AvgIpc) is 2.38. The molecule has 0 bridgehead atoms. The first-order chi connectivity index (χ1) is 8.94. The molecule has 1 aromatic carbocycles. The molecular weight excluding hydrogens is 240 g/mol. The zero-order chi connectivity index (χ0) is 14.3. The molecule has 0 aliphatic heterocycles. The quantitative estimate of drug-likeness (QED) is 0.707. The summed E-state index contributed by atoms with van der Waals surface area (Å²) in [5, 5.41) is 9.05. The minimum absolute atomic E-state index is 0.0265. The van der Waals surface area contributed by atoms with Crippen molar-refractivity contribution in [1.29, 1.82) is 0 Å². The summed E-state index contributed by atoms with van der Waals surface area (Å²) >= 11 is 0. The third-order valence-electron chi connectivity index (χ3n) is 3.11. The van der Waals surface area contributed by atoms with E-state index in [0.717, 1.165) is 30.7 Å². The van der Waals surface area contributed by atoms with E-state index in [-0.39, 0.29) is 6.61 Å². The normalized spacial score (nSPS) is 13.9. The first kappa shape index (κ1) is 15.8. The van der Waals surface area contributed by atoms with Crippen LogP contribution in [0.2, 0.25) is 0 Å². The van der Waals surface area contributed by atoms with Crippen molar-refractivity contribution < 1.29 is 9.84 Å². The number of nitrogens with zero attached hydrogens (tertiary/aromatic N) is 1. The van der Waals surface area contributed by atoms with E-state index >= 15 is 0 Å². The lowest BCUT2D eigenvalue weighted by Crippen LogP contribution is -2.39. The van der Waals surface area contributed by atoms with Crippen molar-refractivity contribution in [3.8, 4) is 5.75 Å². The molecule has 0 saturated heterocycles. The van der Waals surface area contributed by atoms with Gasteiger partial charge in [-0.05, 0) is 38.3 Å². The lowest BCUT2D eigenvalue weighted by Gasteiger charge is -2.21. The molecule has 1 rings (SSSR count). The number of hydrogen-bond donors (Lipinski definition) is 2. The van der Waals surface area contributed by atoms with E-state index in [1.165, 1.54) is 0 Å². The molecule has 0 aliphatic carbocycles. The third-order valence-corrected chi connectivity index (χ3v) is 3.11. The van der Waals surface area contributed by atoms with Gasteiger partial charge in [-0.2, -0.15) is 0 Å². The van der Waals surface area contributed by atoms with E-state index < -0.39 is 5.54 Å². The van der Waals surface area contributed by atoms with Gasteiger partial charge in [0.1, 0.15) is 5.75 Å². The number of benzene rings is 1. The molecule has 0 aliphatic rings. The van der Waals surface area contributed by atoms with Crippen molar-refractivity contribution in [2.45, 2.75) is 31.7 Å². The van der Waals surface area contributed by atoms with Gasteiger partial charge in [-0.15, -0.1) is 0 Å². The maximum absolute atomic E-state index is 9.05. The summed E-state index contributed by atoms with van der Waals surface area (Å²) in [6, 6.07) is 8.04. The Bertz CT molecular complexity index is 378. The highest BCUT2D eigenvalue weighted by molar-refractivity contribution is 5.49. The largest absolute Gasteiger partial charge is 0.494 e. The summed E-state index contributed by atoms with van der Waals surface area (Å²) in [6.07, 6.45) is 2.71. The molecule has 1 aromatic rings. The predicted octanol–water partition coefficient (Wildman–Crippen LogP) is 2.01. The number of anilines is 1. The van der Waals surface area contributed by atoms with E-state index in [0.29, 0.717) is 6.61 Å². The standard InChI is InChI=1S/C15H26N2O2/c1-15(16,12-18)9-4-5-10-19-14-8-6-7-13(11-14)17(2)3/h6-8,11,18H,4-5,9-10,12,16H2,1-3H3. The fraction of sp³-hybridized carbons (Fsp3) is 0.600. The molecule has 4 heteroatoms. The minimum Gasteiger partial charge on any atom is -0.494 e. The minimum atomic E-state index is -0.467. The van der Waals surface area contributed by atoms with Gasteiger partial charge in [0.15, 0.2) is 0 Å². The summed E-state index contributed by atoms with van der Waals surface area (Å²) < 4.78 is 5.72. The van der Waals surface area contributed by atoms with Crippen LogP contribution in [0.1, 0.15) is 26.2 Å². The molecule has 0 heterocycles. The Morgan fingerprint density at radius 1 is 1.32 bits per heavy atom. The van der Waals surface area contributed by atoms with Crippen molar-refractivity contribution in [2.24, 2.45) is 5.73 Å². The zero-order valence-corrected chi connectivity index (χ0v) is 12.2. The molecule has 0 aromatic heterocycles. The van der Waals surface area contributed by atoms with Gasteiger partial charge < -0.3 is 20.5 Å². The lowest BCUT2D eigenvalue weighted by molar-refractivity contribution is 0.194. The molecule has 1 atom stereocenters. The fourth-order valence-electron chi connectivity index (χ4n) is 1.75. The van der Waals surface area contributed by atoms with E-state index in [4.69, 9.17) is 15.6 Å². The van der Waals surface area contributed by atoms with Gasteiger partial charge in [-0.1, -0.05) is 6.07 Å². The number of ether oxygens (including phenoxy) is 1. The Balaban J connectivity index is 2.28. The maximum atomic E-state index is 9.05. The lowest BCUT2D eigenvalue weighted by atomic mass is 9.97. The first-order valence-corrected chi connectivity index (χ1v) is 6.74. The van der Waals surface area contributed by atoms with Gasteiger partial charge in [0.05, 0.1) is 13.2 Å². The molecule has 1 unspecified atom stereocenters. The van der Waals surface area contributed by atoms with Crippen molar-refractivity contribution in [2.75, 3.05) is 32.2 Å². The van der Waals surface area contributed by atoms with Gasteiger partial charge >= 0.3 is 0 Å². The van der Waals surface area contributed by atoms with Gasteiger partial charge in [0.2, 0.25) is 0 Å². The van der Waals surface area contributed by atoms with Crippen molar-refractivity contribution in [3.63, 3.8) is 0 Å². The summed E-state index contributed by atoms with van der Waals surface area (Å²) in [7, 11) is 4.02. The summed E-state index contributed by atoms with van der Waals surface area (Å²) in [5.74, 6) is 0.892. The Morgan fingerprint density at radius 3 is 2.68 bits per heavy atom. The summed E-state index contributed by atoms with van der Waals surface area (Å²) in [4.78, 5) is 2.05. The molecule has 0 fully saturated rings. The summed E-state index contributed by atoms with van der Waals surface area (Å²) in [5.41, 5.74) is 6.53. The molecule has 0 radical (unpaired) electrons. The zero-order valence-electron chi connectivity index (χ0n) is 12.2. The SMILES string of the molecule is CN(C)c1cccc(OCCCCC(C)(N)CO)c1. The molecule has 4 nitrogen and oxygen atoms in total. The van der Waals surface area contributed by atoms with Crippen LogP contribution in [-0.4, -0.2) is 38.0 Å². The Hall–Kier alpha value is -1.26. The molecule has 19 heavy (non-hydrogen) atoms.